The molecule has 0 bridgehead atoms. The average Bonchev–Trinajstić information content (AvgIpc) is 2.71. The molecular weight excluding hydrogens is 196 g/mol. The van der Waals surface area contributed by atoms with E-state index in [9.17, 15) is 4.79 Å². The number of aromatic nitrogens is 2. The summed E-state index contributed by atoms with van der Waals surface area (Å²) >= 11 is 1.65. The van der Waals surface area contributed by atoms with Crippen LogP contribution in [-0.2, 0) is 6.54 Å². The van der Waals surface area contributed by atoms with E-state index in [1.54, 1.807) is 22.1 Å². The Kier molecular flexibility index (Phi) is 2.29. The Morgan fingerprint density at radius 2 is 2.36 bits per heavy atom. The summed E-state index contributed by atoms with van der Waals surface area (Å²) < 4.78 is 1.61. The summed E-state index contributed by atoms with van der Waals surface area (Å²) in [6.07, 6.45) is 0. The van der Waals surface area contributed by atoms with Crippen LogP contribution in [-0.4, -0.2) is 9.78 Å². The smallest absolute Gasteiger partial charge is 0.267 e. The lowest BCUT2D eigenvalue weighted by Gasteiger charge is -1.96. The van der Waals surface area contributed by atoms with Gasteiger partial charge < -0.3 is 0 Å². The molecule has 2 heterocycles. The van der Waals surface area contributed by atoms with Gasteiger partial charge in [0.05, 0.1) is 10.6 Å². The second kappa shape index (κ2) is 3.46. The van der Waals surface area contributed by atoms with Crippen molar-refractivity contribution in [3.63, 3.8) is 0 Å². The van der Waals surface area contributed by atoms with E-state index in [1.165, 1.54) is 5.56 Å². The van der Waals surface area contributed by atoms with Gasteiger partial charge in [0, 0.05) is 12.6 Å². The number of hydrogen-bond donors (Lipinski definition) is 1. The van der Waals surface area contributed by atoms with E-state index >= 15 is 0 Å². The molecule has 2 aromatic heterocycles. The third-order valence-electron chi connectivity index (χ3n) is 2.21. The van der Waals surface area contributed by atoms with Gasteiger partial charge in [-0.05, 0) is 30.9 Å². The van der Waals surface area contributed by atoms with Crippen molar-refractivity contribution in [3.8, 4) is 10.6 Å². The zero-order valence-corrected chi connectivity index (χ0v) is 9.02. The molecule has 2 rings (SSSR count). The van der Waals surface area contributed by atoms with E-state index in [2.05, 4.69) is 11.2 Å². The van der Waals surface area contributed by atoms with Crippen LogP contribution in [0, 0.1) is 6.92 Å². The van der Waals surface area contributed by atoms with E-state index in [1.807, 2.05) is 19.2 Å². The van der Waals surface area contributed by atoms with Gasteiger partial charge in [0.2, 0.25) is 0 Å². The zero-order valence-electron chi connectivity index (χ0n) is 8.20. The van der Waals surface area contributed by atoms with E-state index < -0.39 is 0 Å². The molecule has 2 aromatic rings. The Balaban J connectivity index is 2.53. The molecule has 0 saturated heterocycles. The van der Waals surface area contributed by atoms with Crippen LogP contribution in [0.4, 0.5) is 0 Å². The number of rotatable bonds is 2. The van der Waals surface area contributed by atoms with Crippen molar-refractivity contribution >= 4 is 11.3 Å². The van der Waals surface area contributed by atoms with Gasteiger partial charge >= 0.3 is 0 Å². The van der Waals surface area contributed by atoms with Crippen molar-refractivity contribution in [3.05, 3.63) is 33.4 Å². The van der Waals surface area contributed by atoms with Crippen LogP contribution in [0.15, 0.2) is 22.3 Å². The number of nitrogens with zero attached hydrogens (tertiary/aromatic N) is 1. The standard InChI is InChI=1S/C10H12N2OS/c1-3-12-9(13)6-8(11-12)10-7(2)4-5-14-10/h4-6,11H,3H2,1-2H3. The van der Waals surface area contributed by atoms with Gasteiger partial charge in [-0.2, -0.15) is 0 Å². The molecule has 0 aliphatic rings. The lowest BCUT2D eigenvalue weighted by atomic mass is 10.2. The maximum atomic E-state index is 11.4. The summed E-state index contributed by atoms with van der Waals surface area (Å²) in [5.41, 5.74) is 2.17. The predicted octanol–water partition coefficient (Wildman–Crippen LogP) is 2.23. The number of hydrogen-bond acceptors (Lipinski definition) is 2. The first kappa shape index (κ1) is 9.27. The SMILES string of the molecule is CCn1[nH]c(-c2sccc2C)cc1=O. The molecule has 0 radical (unpaired) electrons. The Morgan fingerprint density at radius 1 is 1.57 bits per heavy atom. The first-order valence-corrected chi connectivity index (χ1v) is 5.44. The Hall–Kier alpha value is -1.29. The Labute approximate surface area is 86.0 Å². The Bertz CT molecular complexity index is 492. The largest absolute Gasteiger partial charge is 0.294 e. The highest BCUT2D eigenvalue weighted by Crippen LogP contribution is 2.26. The van der Waals surface area contributed by atoms with Crippen molar-refractivity contribution in [2.45, 2.75) is 20.4 Å². The summed E-state index contributed by atoms with van der Waals surface area (Å²) in [7, 11) is 0. The third-order valence-corrected chi connectivity index (χ3v) is 3.26. The molecule has 4 heteroatoms. The summed E-state index contributed by atoms with van der Waals surface area (Å²) in [5, 5.41) is 5.12. The number of H-pyrrole nitrogens is 1. The molecule has 0 saturated carbocycles. The normalized spacial score (nSPS) is 10.7. The topological polar surface area (TPSA) is 37.8 Å². The molecular formula is C10H12N2OS. The van der Waals surface area contributed by atoms with Crippen LogP contribution in [0.2, 0.25) is 0 Å². The molecule has 0 amide bonds. The number of thiophene rings is 1. The van der Waals surface area contributed by atoms with Crippen LogP contribution in [0.5, 0.6) is 0 Å². The van der Waals surface area contributed by atoms with E-state index in [4.69, 9.17) is 0 Å². The number of nitrogens with one attached hydrogen (secondary N) is 1. The lowest BCUT2D eigenvalue weighted by Crippen LogP contribution is -2.13. The molecule has 0 fully saturated rings. The highest BCUT2D eigenvalue weighted by atomic mass is 32.1. The second-order valence-corrected chi connectivity index (χ2v) is 4.10. The monoisotopic (exact) mass is 208 g/mol. The molecule has 0 aromatic carbocycles. The summed E-state index contributed by atoms with van der Waals surface area (Å²) in [6, 6.07) is 3.71. The van der Waals surface area contributed by atoms with Crippen LogP contribution in [0.25, 0.3) is 10.6 Å². The summed E-state index contributed by atoms with van der Waals surface area (Å²) in [5.74, 6) is 0. The molecule has 14 heavy (non-hydrogen) atoms. The lowest BCUT2D eigenvalue weighted by molar-refractivity contribution is 0.640. The molecule has 0 unspecified atom stereocenters. The van der Waals surface area contributed by atoms with Crippen molar-refractivity contribution in [2.75, 3.05) is 0 Å². The third kappa shape index (κ3) is 1.42. The molecule has 0 aliphatic carbocycles. The van der Waals surface area contributed by atoms with Gasteiger partial charge in [0.1, 0.15) is 0 Å². The Morgan fingerprint density at radius 3 is 2.86 bits per heavy atom. The maximum Gasteiger partial charge on any atom is 0.267 e. The van der Waals surface area contributed by atoms with Gasteiger partial charge in [-0.15, -0.1) is 11.3 Å². The van der Waals surface area contributed by atoms with Gasteiger partial charge in [0.25, 0.3) is 5.56 Å². The first-order chi connectivity index (χ1) is 6.72. The number of aryl methyl sites for hydroxylation is 2. The highest BCUT2D eigenvalue weighted by molar-refractivity contribution is 7.13. The van der Waals surface area contributed by atoms with Crippen LogP contribution in [0.1, 0.15) is 12.5 Å². The molecule has 0 atom stereocenters. The van der Waals surface area contributed by atoms with Gasteiger partial charge in [-0.1, -0.05) is 0 Å². The van der Waals surface area contributed by atoms with Crippen molar-refractivity contribution < 1.29 is 0 Å². The van der Waals surface area contributed by atoms with Crippen molar-refractivity contribution in [1.29, 1.82) is 0 Å². The fourth-order valence-electron chi connectivity index (χ4n) is 1.43. The number of aromatic amines is 1. The van der Waals surface area contributed by atoms with Gasteiger partial charge in [-0.25, -0.2) is 0 Å². The minimum Gasteiger partial charge on any atom is -0.294 e. The quantitative estimate of drug-likeness (QED) is 0.807. The zero-order chi connectivity index (χ0) is 10.1. The average molecular weight is 208 g/mol. The fourth-order valence-corrected chi connectivity index (χ4v) is 2.33. The van der Waals surface area contributed by atoms with Crippen LogP contribution in [0.3, 0.4) is 0 Å². The van der Waals surface area contributed by atoms with E-state index in [0.29, 0.717) is 6.54 Å². The molecule has 3 nitrogen and oxygen atoms in total. The first-order valence-electron chi connectivity index (χ1n) is 4.56. The van der Waals surface area contributed by atoms with Gasteiger partial charge in [-0.3, -0.25) is 14.6 Å². The van der Waals surface area contributed by atoms with Crippen molar-refractivity contribution in [1.82, 2.24) is 9.78 Å². The minimum absolute atomic E-state index is 0.0373. The van der Waals surface area contributed by atoms with Crippen molar-refractivity contribution in [2.24, 2.45) is 0 Å². The summed E-state index contributed by atoms with van der Waals surface area (Å²) in [4.78, 5) is 12.6. The van der Waals surface area contributed by atoms with Crippen LogP contribution < -0.4 is 5.56 Å². The molecule has 0 aliphatic heterocycles. The van der Waals surface area contributed by atoms with Gasteiger partial charge in [0.15, 0.2) is 0 Å². The van der Waals surface area contributed by atoms with E-state index in [-0.39, 0.29) is 5.56 Å². The highest BCUT2D eigenvalue weighted by Gasteiger charge is 2.07. The second-order valence-electron chi connectivity index (χ2n) is 3.19. The van der Waals surface area contributed by atoms with E-state index in [0.717, 1.165) is 10.6 Å². The van der Waals surface area contributed by atoms with Crippen LogP contribution >= 0.6 is 11.3 Å². The summed E-state index contributed by atoms with van der Waals surface area (Å²) in [6.45, 7) is 4.68. The molecule has 0 spiro atoms. The molecule has 74 valence electrons. The molecule has 1 N–H and O–H groups in total. The predicted molar refractivity (Wildman–Crippen MR) is 58.8 cm³/mol. The fraction of sp³-hybridized carbons (Fsp3) is 0.300. The maximum absolute atomic E-state index is 11.4. The minimum atomic E-state index is 0.0373.